The summed E-state index contributed by atoms with van der Waals surface area (Å²) in [5.41, 5.74) is 1.34. The molecule has 0 unspecified atom stereocenters. The van der Waals surface area contributed by atoms with Crippen molar-refractivity contribution in [3.8, 4) is 5.75 Å². The lowest BCUT2D eigenvalue weighted by Gasteiger charge is -2.02. The molecular formula is C12H14O3. The fourth-order valence-corrected chi connectivity index (χ4v) is 1.11. The molecule has 0 aliphatic rings. The van der Waals surface area contributed by atoms with E-state index in [1.165, 1.54) is 6.26 Å². The average molecular weight is 206 g/mol. The molecule has 0 bridgehead atoms. The van der Waals surface area contributed by atoms with Crippen molar-refractivity contribution in [3.63, 3.8) is 0 Å². The molecule has 0 radical (unpaired) electrons. The predicted octanol–water partition coefficient (Wildman–Crippen LogP) is 2.75. The maximum Gasteiger partial charge on any atom is 0.334 e. The molecule has 3 heteroatoms. The Morgan fingerprint density at radius 1 is 1.53 bits per heavy atom. The molecule has 3 nitrogen and oxygen atoms in total. The standard InChI is InChI=1S/C12H14O3/c1-3-10(12(13)14)8-15-11-6-4-5-9(2)7-11/h4-8H,3H2,1-2H3,(H,13,14). The Kier molecular flexibility index (Phi) is 3.92. The van der Waals surface area contributed by atoms with E-state index in [0.29, 0.717) is 12.2 Å². The molecule has 0 amide bonds. The number of benzene rings is 1. The van der Waals surface area contributed by atoms with Gasteiger partial charge in [-0.25, -0.2) is 4.79 Å². The van der Waals surface area contributed by atoms with E-state index >= 15 is 0 Å². The van der Waals surface area contributed by atoms with Crippen LogP contribution in [0.5, 0.6) is 5.75 Å². The first kappa shape index (κ1) is 11.3. The minimum Gasteiger partial charge on any atom is -0.478 e. The summed E-state index contributed by atoms with van der Waals surface area (Å²) in [6.07, 6.45) is 1.73. The number of carboxylic acid groups (broad SMARTS) is 1. The summed E-state index contributed by atoms with van der Waals surface area (Å²) in [6, 6.07) is 7.46. The molecule has 1 N–H and O–H groups in total. The highest BCUT2D eigenvalue weighted by Gasteiger charge is 2.04. The van der Waals surface area contributed by atoms with Crippen LogP contribution in [0.25, 0.3) is 0 Å². The summed E-state index contributed by atoms with van der Waals surface area (Å²) in [5.74, 6) is -0.285. The number of ether oxygens (including phenoxy) is 1. The molecule has 1 aromatic carbocycles. The van der Waals surface area contributed by atoms with Crippen LogP contribution in [0.15, 0.2) is 36.1 Å². The average Bonchev–Trinajstić information content (AvgIpc) is 2.18. The SMILES string of the molecule is CCC(=COc1cccc(C)c1)C(=O)O. The lowest BCUT2D eigenvalue weighted by molar-refractivity contribution is -0.132. The molecule has 0 fully saturated rings. The molecule has 0 saturated carbocycles. The van der Waals surface area contributed by atoms with Crippen LogP contribution in [0.2, 0.25) is 0 Å². The number of carboxylic acids is 1. The molecular weight excluding hydrogens is 192 g/mol. The fourth-order valence-electron chi connectivity index (χ4n) is 1.11. The lowest BCUT2D eigenvalue weighted by Crippen LogP contribution is -2.01. The van der Waals surface area contributed by atoms with Crippen molar-refractivity contribution in [3.05, 3.63) is 41.7 Å². The molecule has 0 aromatic heterocycles. The third kappa shape index (κ3) is 3.46. The highest BCUT2D eigenvalue weighted by molar-refractivity contribution is 5.86. The lowest BCUT2D eigenvalue weighted by atomic mass is 10.2. The Bertz CT molecular complexity index is 380. The van der Waals surface area contributed by atoms with E-state index < -0.39 is 5.97 Å². The van der Waals surface area contributed by atoms with Gasteiger partial charge in [0.25, 0.3) is 0 Å². The van der Waals surface area contributed by atoms with Gasteiger partial charge < -0.3 is 9.84 Å². The van der Waals surface area contributed by atoms with Gasteiger partial charge in [0.1, 0.15) is 12.0 Å². The smallest absolute Gasteiger partial charge is 0.334 e. The Morgan fingerprint density at radius 3 is 2.80 bits per heavy atom. The maximum atomic E-state index is 10.7. The molecule has 0 aliphatic carbocycles. The van der Waals surface area contributed by atoms with Gasteiger partial charge >= 0.3 is 5.97 Å². The number of hydrogen-bond acceptors (Lipinski definition) is 2. The Morgan fingerprint density at radius 2 is 2.27 bits per heavy atom. The highest BCUT2D eigenvalue weighted by Crippen LogP contribution is 2.13. The first-order valence-electron chi connectivity index (χ1n) is 4.79. The molecule has 0 aliphatic heterocycles. The maximum absolute atomic E-state index is 10.7. The van der Waals surface area contributed by atoms with Crippen molar-refractivity contribution in [1.82, 2.24) is 0 Å². The van der Waals surface area contributed by atoms with Crippen molar-refractivity contribution in [2.24, 2.45) is 0 Å². The van der Waals surface area contributed by atoms with E-state index in [1.54, 1.807) is 13.0 Å². The zero-order valence-electron chi connectivity index (χ0n) is 8.86. The summed E-state index contributed by atoms with van der Waals surface area (Å²) in [4.78, 5) is 10.7. The number of aliphatic carboxylic acids is 1. The van der Waals surface area contributed by atoms with Crippen LogP contribution in [0, 0.1) is 6.92 Å². The largest absolute Gasteiger partial charge is 0.478 e. The molecule has 0 saturated heterocycles. The predicted molar refractivity (Wildman–Crippen MR) is 57.8 cm³/mol. The number of aryl methyl sites for hydroxylation is 1. The summed E-state index contributed by atoms with van der Waals surface area (Å²) >= 11 is 0. The highest BCUT2D eigenvalue weighted by atomic mass is 16.5. The van der Waals surface area contributed by atoms with Crippen molar-refractivity contribution >= 4 is 5.97 Å². The van der Waals surface area contributed by atoms with Crippen molar-refractivity contribution in [2.75, 3.05) is 0 Å². The van der Waals surface area contributed by atoms with E-state index in [0.717, 1.165) is 5.56 Å². The Balaban J connectivity index is 2.74. The molecule has 1 rings (SSSR count). The zero-order chi connectivity index (χ0) is 11.3. The molecule has 80 valence electrons. The number of carbonyl (C=O) groups is 1. The Labute approximate surface area is 89.0 Å². The first-order valence-corrected chi connectivity index (χ1v) is 4.79. The Hall–Kier alpha value is -1.77. The third-order valence-electron chi connectivity index (χ3n) is 1.98. The second kappa shape index (κ2) is 5.20. The van der Waals surface area contributed by atoms with Crippen molar-refractivity contribution in [2.45, 2.75) is 20.3 Å². The zero-order valence-corrected chi connectivity index (χ0v) is 8.86. The van der Waals surface area contributed by atoms with Crippen molar-refractivity contribution < 1.29 is 14.6 Å². The van der Waals surface area contributed by atoms with Crippen LogP contribution >= 0.6 is 0 Å². The minimum absolute atomic E-state index is 0.261. The van der Waals surface area contributed by atoms with E-state index in [1.807, 2.05) is 25.1 Å². The van der Waals surface area contributed by atoms with E-state index in [2.05, 4.69) is 0 Å². The second-order valence-corrected chi connectivity index (χ2v) is 3.24. The van der Waals surface area contributed by atoms with E-state index in [-0.39, 0.29) is 5.57 Å². The van der Waals surface area contributed by atoms with Gasteiger partial charge in [0.2, 0.25) is 0 Å². The van der Waals surface area contributed by atoms with Gasteiger partial charge in [0.05, 0.1) is 5.57 Å². The van der Waals surface area contributed by atoms with Crippen molar-refractivity contribution in [1.29, 1.82) is 0 Å². The molecule has 0 spiro atoms. The number of rotatable bonds is 4. The normalized spacial score (nSPS) is 11.2. The van der Waals surface area contributed by atoms with Gasteiger partial charge in [-0.1, -0.05) is 19.1 Å². The monoisotopic (exact) mass is 206 g/mol. The summed E-state index contributed by atoms with van der Waals surface area (Å²) in [6.45, 7) is 3.73. The topological polar surface area (TPSA) is 46.5 Å². The molecule has 1 aromatic rings. The van der Waals surface area contributed by atoms with Crippen LogP contribution in [0.3, 0.4) is 0 Å². The van der Waals surface area contributed by atoms with Gasteiger partial charge in [-0.3, -0.25) is 0 Å². The summed E-state index contributed by atoms with van der Waals surface area (Å²) < 4.78 is 5.26. The van der Waals surface area contributed by atoms with Gasteiger partial charge in [-0.05, 0) is 31.0 Å². The fraction of sp³-hybridized carbons (Fsp3) is 0.250. The summed E-state index contributed by atoms with van der Waals surface area (Å²) in [7, 11) is 0. The van der Waals surface area contributed by atoms with Gasteiger partial charge in [-0.2, -0.15) is 0 Å². The van der Waals surface area contributed by atoms with Crippen LogP contribution in [-0.4, -0.2) is 11.1 Å². The van der Waals surface area contributed by atoms with Crippen LogP contribution in [0.1, 0.15) is 18.9 Å². The third-order valence-corrected chi connectivity index (χ3v) is 1.98. The first-order chi connectivity index (χ1) is 7.13. The minimum atomic E-state index is -0.940. The molecule has 15 heavy (non-hydrogen) atoms. The van der Waals surface area contributed by atoms with Gasteiger partial charge in [-0.15, -0.1) is 0 Å². The van der Waals surface area contributed by atoms with Crippen LogP contribution < -0.4 is 4.74 Å². The van der Waals surface area contributed by atoms with Gasteiger partial charge in [0, 0.05) is 0 Å². The van der Waals surface area contributed by atoms with Crippen LogP contribution in [0.4, 0.5) is 0 Å². The molecule has 0 heterocycles. The second-order valence-electron chi connectivity index (χ2n) is 3.24. The number of hydrogen-bond donors (Lipinski definition) is 1. The van der Waals surface area contributed by atoms with Gasteiger partial charge in [0.15, 0.2) is 0 Å². The van der Waals surface area contributed by atoms with E-state index in [4.69, 9.17) is 9.84 Å². The summed E-state index contributed by atoms with van der Waals surface area (Å²) in [5, 5.41) is 8.76. The van der Waals surface area contributed by atoms with Crippen LogP contribution in [-0.2, 0) is 4.79 Å². The van der Waals surface area contributed by atoms with E-state index in [9.17, 15) is 4.79 Å². The molecule has 0 atom stereocenters. The quantitative estimate of drug-likeness (QED) is 0.608.